The van der Waals surface area contributed by atoms with Crippen LogP contribution in [-0.2, 0) is 6.54 Å². The summed E-state index contributed by atoms with van der Waals surface area (Å²) in [5, 5.41) is 3.38. The summed E-state index contributed by atoms with van der Waals surface area (Å²) >= 11 is 0. The Morgan fingerprint density at radius 1 is 1.38 bits per heavy atom. The molecular formula is C13H22N2O. The number of hydrogen-bond acceptors (Lipinski definition) is 2. The summed E-state index contributed by atoms with van der Waals surface area (Å²) in [6.45, 7) is 10.00. The number of pyridine rings is 1. The van der Waals surface area contributed by atoms with E-state index in [-0.39, 0.29) is 5.56 Å². The van der Waals surface area contributed by atoms with Crippen molar-refractivity contribution in [1.29, 1.82) is 0 Å². The van der Waals surface area contributed by atoms with E-state index < -0.39 is 0 Å². The van der Waals surface area contributed by atoms with E-state index in [1.807, 2.05) is 25.3 Å². The lowest BCUT2D eigenvalue weighted by molar-refractivity contribution is 0.419. The molecule has 1 rings (SSSR count). The first-order chi connectivity index (χ1) is 7.50. The molecule has 0 aromatic carbocycles. The van der Waals surface area contributed by atoms with E-state index in [2.05, 4.69) is 26.1 Å². The first-order valence-corrected chi connectivity index (χ1v) is 5.90. The molecule has 0 radical (unpaired) electrons. The Balaban J connectivity index is 2.59. The van der Waals surface area contributed by atoms with Gasteiger partial charge in [-0.2, -0.15) is 0 Å². The Morgan fingerprint density at radius 3 is 2.69 bits per heavy atom. The van der Waals surface area contributed by atoms with Crippen LogP contribution in [0.15, 0.2) is 23.1 Å². The smallest absolute Gasteiger partial charge is 0.253 e. The van der Waals surface area contributed by atoms with Crippen molar-refractivity contribution < 1.29 is 0 Å². The predicted octanol–water partition coefficient (Wildman–Crippen LogP) is 1.79. The third-order valence-corrected chi connectivity index (χ3v) is 2.59. The molecule has 0 aliphatic heterocycles. The second kappa shape index (κ2) is 5.85. The Labute approximate surface area is 97.5 Å². The summed E-state index contributed by atoms with van der Waals surface area (Å²) in [6.07, 6.45) is 1.86. The highest BCUT2D eigenvalue weighted by atomic mass is 16.1. The zero-order valence-corrected chi connectivity index (χ0v) is 10.7. The molecule has 0 saturated carbocycles. The molecule has 0 aliphatic carbocycles. The number of hydrogen-bond donors (Lipinski definition) is 1. The Hall–Kier alpha value is -1.09. The van der Waals surface area contributed by atoms with Gasteiger partial charge in [0.25, 0.3) is 5.56 Å². The van der Waals surface area contributed by atoms with Gasteiger partial charge in [0, 0.05) is 24.3 Å². The van der Waals surface area contributed by atoms with Gasteiger partial charge in [-0.15, -0.1) is 0 Å². The van der Waals surface area contributed by atoms with Gasteiger partial charge in [-0.25, -0.2) is 0 Å². The predicted molar refractivity (Wildman–Crippen MR) is 67.7 cm³/mol. The van der Waals surface area contributed by atoms with Crippen molar-refractivity contribution in [2.75, 3.05) is 6.54 Å². The van der Waals surface area contributed by atoms with Gasteiger partial charge in [0.1, 0.15) is 0 Å². The Kier molecular flexibility index (Phi) is 4.74. The van der Waals surface area contributed by atoms with Gasteiger partial charge in [-0.05, 0) is 25.5 Å². The first-order valence-electron chi connectivity index (χ1n) is 5.90. The van der Waals surface area contributed by atoms with Gasteiger partial charge in [0.15, 0.2) is 0 Å². The molecule has 3 heteroatoms. The minimum absolute atomic E-state index is 0.124. The summed E-state index contributed by atoms with van der Waals surface area (Å²) in [7, 11) is 0. The average molecular weight is 222 g/mol. The molecular weight excluding hydrogens is 200 g/mol. The van der Waals surface area contributed by atoms with Crippen LogP contribution in [0, 0.1) is 12.8 Å². The van der Waals surface area contributed by atoms with E-state index in [0.717, 1.165) is 18.7 Å². The number of aromatic nitrogens is 1. The zero-order valence-electron chi connectivity index (χ0n) is 10.7. The lowest BCUT2D eigenvalue weighted by Crippen LogP contribution is -2.32. The fourth-order valence-electron chi connectivity index (χ4n) is 1.64. The highest BCUT2D eigenvalue weighted by Crippen LogP contribution is 1.98. The molecule has 1 heterocycles. The summed E-state index contributed by atoms with van der Waals surface area (Å²) in [5.41, 5.74) is 0.936. The Bertz CT molecular complexity index is 382. The number of nitrogens with one attached hydrogen (secondary N) is 1. The van der Waals surface area contributed by atoms with Crippen LogP contribution >= 0.6 is 0 Å². The van der Waals surface area contributed by atoms with Crippen LogP contribution in [-0.4, -0.2) is 17.2 Å². The van der Waals surface area contributed by atoms with Gasteiger partial charge in [0.05, 0.1) is 0 Å². The fourth-order valence-corrected chi connectivity index (χ4v) is 1.64. The van der Waals surface area contributed by atoms with Crippen LogP contribution in [0.1, 0.15) is 26.3 Å². The maximum absolute atomic E-state index is 11.8. The maximum Gasteiger partial charge on any atom is 0.253 e. The molecule has 0 aliphatic rings. The summed E-state index contributed by atoms with van der Waals surface area (Å²) in [6, 6.07) is 4.28. The molecule has 16 heavy (non-hydrogen) atoms. The molecule has 0 spiro atoms. The third kappa shape index (κ3) is 3.81. The van der Waals surface area contributed by atoms with Crippen LogP contribution in [0.2, 0.25) is 0 Å². The second-order valence-corrected chi connectivity index (χ2v) is 4.82. The zero-order chi connectivity index (χ0) is 12.1. The van der Waals surface area contributed by atoms with Crippen LogP contribution in [0.3, 0.4) is 0 Å². The van der Waals surface area contributed by atoms with E-state index in [4.69, 9.17) is 0 Å². The molecule has 1 aromatic heterocycles. The molecule has 1 atom stereocenters. The summed E-state index contributed by atoms with van der Waals surface area (Å²) in [5.74, 6) is 0.460. The number of nitrogens with zero attached hydrogens (tertiary/aromatic N) is 1. The molecule has 1 unspecified atom stereocenters. The molecule has 3 nitrogen and oxygen atoms in total. The van der Waals surface area contributed by atoms with E-state index in [1.54, 1.807) is 4.57 Å². The minimum Gasteiger partial charge on any atom is -0.315 e. The first kappa shape index (κ1) is 13.0. The van der Waals surface area contributed by atoms with Crippen molar-refractivity contribution in [1.82, 2.24) is 9.88 Å². The third-order valence-electron chi connectivity index (χ3n) is 2.59. The van der Waals surface area contributed by atoms with Crippen molar-refractivity contribution in [3.8, 4) is 0 Å². The number of aryl methyl sites for hydroxylation is 1. The van der Waals surface area contributed by atoms with E-state index in [0.29, 0.717) is 12.0 Å². The monoisotopic (exact) mass is 222 g/mol. The standard InChI is InChI=1S/C13H22N2O/c1-10(2)14-8-11(3)9-15-7-5-6-12(4)13(15)16/h5-7,10-11,14H,8-9H2,1-4H3. The van der Waals surface area contributed by atoms with Crippen LogP contribution < -0.4 is 10.9 Å². The maximum atomic E-state index is 11.8. The fraction of sp³-hybridized carbons (Fsp3) is 0.615. The van der Waals surface area contributed by atoms with Gasteiger partial charge in [0.2, 0.25) is 0 Å². The van der Waals surface area contributed by atoms with Gasteiger partial charge in [-0.1, -0.05) is 26.8 Å². The van der Waals surface area contributed by atoms with Crippen LogP contribution in [0.4, 0.5) is 0 Å². The van der Waals surface area contributed by atoms with E-state index in [9.17, 15) is 4.79 Å². The molecule has 0 amide bonds. The summed E-state index contributed by atoms with van der Waals surface area (Å²) < 4.78 is 1.79. The minimum atomic E-state index is 0.124. The van der Waals surface area contributed by atoms with Gasteiger partial charge >= 0.3 is 0 Å². The van der Waals surface area contributed by atoms with Crippen molar-refractivity contribution in [2.45, 2.75) is 40.3 Å². The van der Waals surface area contributed by atoms with Crippen molar-refractivity contribution >= 4 is 0 Å². The van der Waals surface area contributed by atoms with E-state index in [1.165, 1.54) is 0 Å². The molecule has 0 saturated heterocycles. The van der Waals surface area contributed by atoms with Crippen LogP contribution in [0.5, 0.6) is 0 Å². The Morgan fingerprint density at radius 2 is 2.06 bits per heavy atom. The number of rotatable bonds is 5. The van der Waals surface area contributed by atoms with Crippen molar-refractivity contribution in [3.05, 3.63) is 34.2 Å². The van der Waals surface area contributed by atoms with Crippen molar-refractivity contribution in [2.24, 2.45) is 5.92 Å². The largest absolute Gasteiger partial charge is 0.315 e. The molecule has 90 valence electrons. The normalized spacial score (nSPS) is 13.1. The highest BCUT2D eigenvalue weighted by Gasteiger charge is 2.05. The van der Waals surface area contributed by atoms with Crippen LogP contribution in [0.25, 0.3) is 0 Å². The van der Waals surface area contributed by atoms with E-state index >= 15 is 0 Å². The SMILES string of the molecule is Cc1cccn(CC(C)CNC(C)C)c1=O. The highest BCUT2D eigenvalue weighted by molar-refractivity contribution is 5.07. The lowest BCUT2D eigenvalue weighted by Gasteiger charge is -2.16. The van der Waals surface area contributed by atoms with Gasteiger partial charge in [-0.3, -0.25) is 4.79 Å². The van der Waals surface area contributed by atoms with Gasteiger partial charge < -0.3 is 9.88 Å². The molecule has 0 bridgehead atoms. The quantitative estimate of drug-likeness (QED) is 0.824. The molecule has 1 N–H and O–H groups in total. The molecule has 0 fully saturated rings. The topological polar surface area (TPSA) is 34.0 Å². The summed E-state index contributed by atoms with van der Waals surface area (Å²) in [4.78, 5) is 11.8. The average Bonchev–Trinajstić information content (AvgIpc) is 2.22. The second-order valence-electron chi connectivity index (χ2n) is 4.82. The molecule has 1 aromatic rings. The lowest BCUT2D eigenvalue weighted by atomic mass is 10.1. The van der Waals surface area contributed by atoms with Crippen molar-refractivity contribution in [3.63, 3.8) is 0 Å².